The predicted octanol–water partition coefficient (Wildman–Crippen LogP) is 4.55. The number of fused-ring (bicyclic) bond motifs is 2. The fraction of sp³-hybridized carbons (Fsp3) is 0.488. The van der Waals surface area contributed by atoms with Crippen molar-refractivity contribution >= 4 is 23.8 Å². The second-order valence-electron chi connectivity index (χ2n) is 14.3. The second-order valence-corrected chi connectivity index (χ2v) is 14.3. The number of esters is 2. The van der Waals surface area contributed by atoms with Gasteiger partial charge in [-0.3, -0.25) is 29.0 Å². The van der Waals surface area contributed by atoms with Crippen LogP contribution in [-0.2, 0) is 46.4 Å². The summed E-state index contributed by atoms with van der Waals surface area (Å²) in [6.45, 7) is 4.36. The summed E-state index contributed by atoms with van der Waals surface area (Å²) in [5.74, 6) is 5.02. The van der Waals surface area contributed by atoms with Crippen LogP contribution in [0, 0.1) is 17.8 Å². The summed E-state index contributed by atoms with van der Waals surface area (Å²) < 4.78 is 19.2. The Kier molecular flexibility index (Phi) is 15.2. The topological polar surface area (TPSA) is 175 Å². The van der Waals surface area contributed by atoms with Gasteiger partial charge in [-0.15, -0.1) is 0 Å². The average Bonchev–Trinajstić information content (AvgIpc) is 3.49. The zero-order chi connectivity index (χ0) is 40.0. The monoisotopic (exact) mass is 768 g/mol. The van der Waals surface area contributed by atoms with E-state index in [9.17, 15) is 28.8 Å². The maximum atomic E-state index is 12.9. The van der Waals surface area contributed by atoms with Crippen LogP contribution >= 0.6 is 0 Å². The van der Waals surface area contributed by atoms with E-state index in [2.05, 4.69) is 27.5 Å². The van der Waals surface area contributed by atoms with Gasteiger partial charge in [0.25, 0.3) is 5.56 Å². The largest absolute Gasteiger partial charge is 0.459 e. The molecule has 2 aromatic carbocycles. The summed E-state index contributed by atoms with van der Waals surface area (Å²) in [6.07, 6.45) is 4.07. The van der Waals surface area contributed by atoms with Gasteiger partial charge in [-0.1, -0.05) is 74.9 Å². The first-order valence-corrected chi connectivity index (χ1v) is 19.6. The minimum atomic E-state index is -0.892. The van der Waals surface area contributed by atoms with Crippen LogP contribution in [-0.4, -0.2) is 59.1 Å². The quantitative estimate of drug-likeness (QED) is 0.0953. The number of ether oxygens (including phenoxy) is 3. The van der Waals surface area contributed by atoms with Gasteiger partial charge in [0.15, 0.2) is 0 Å². The van der Waals surface area contributed by atoms with Gasteiger partial charge < -0.3 is 29.4 Å². The number of nitrogens with one attached hydrogen (secondary N) is 3. The number of aryl methyl sites for hydroxylation is 1. The van der Waals surface area contributed by atoms with Crippen molar-refractivity contribution in [3.8, 4) is 11.8 Å². The number of hydrogen-bond acceptors (Lipinski definition) is 9. The van der Waals surface area contributed by atoms with Crippen LogP contribution in [0.5, 0.6) is 0 Å². The lowest BCUT2D eigenvalue weighted by Crippen LogP contribution is -2.36. The number of unbranched alkanes of at least 4 members (excludes halogenated alkanes) is 3. The normalized spacial score (nSPS) is 19.6. The summed E-state index contributed by atoms with van der Waals surface area (Å²) in [5, 5.41) is 5.35. The van der Waals surface area contributed by atoms with Gasteiger partial charge in [0.1, 0.15) is 18.3 Å². The van der Waals surface area contributed by atoms with Gasteiger partial charge in [-0.25, -0.2) is 4.79 Å². The highest BCUT2D eigenvalue weighted by molar-refractivity contribution is 5.81. The zero-order valence-corrected chi connectivity index (χ0v) is 32.4. The number of amides is 2. The van der Waals surface area contributed by atoms with E-state index in [1.807, 2.05) is 62.4 Å². The molecule has 298 valence electrons. The van der Waals surface area contributed by atoms with Gasteiger partial charge >= 0.3 is 17.6 Å². The van der Waals surface area contributed by atoms with Crippen LogP contribution in [0.2, 0.25) is 0 Å². The first kappa shape index (κ1) is 41.7. The van der Waals surface area contributed by atoms with Crippen LogP contribution in [0.4, 0.5) is 0 Å². The lowest BCUT2D eigenvalue weighted by atomic mass is 9.92. The minimum absolute atomic E-state index is 0.0240. The highest BCUT2D eigenvalue weighted by atomic mass is 16.6. The summed E-state index contributed by atoms with van der Waals surface area (Å²) in [4.78, 5) is 77.6. The Balaban J connectivity index is 1.02. The molecule has 1 fully saturated rings. The molecule has 13 heteroatoms. The van der Waals surface area contributed by atoms with E-state index in [-0.39, 0.29) is 54.8 Å². The highest BCUT2D eigenvalue weighted by Gasteiger charge is 2.45. The zero-order valence-electron chi connectivity index (χ0n) is 32.4. The Labute approximate surface area is 326 Å². The molecule has 1 saturated heterocycles. The van der Waals surface area contributed by atoms with Crippen molar-refractivity contribution in [1.82, 2.24) is 20.2 Å². The molecule has 56 heavy (non-hydrogen) atoms. The number of nitrogens with zero attached hydrogens (tertiary/aromatic N) is 1. The Bertz CT molecular complexity index is 2040. The SMILES string of the molecule is CC[C@H]1O[C@@H](c2cn(CCCNC(=O)CCCCCCC(=O)OC3Cc4ccccc4C#Cc4ccccc43)c(=O)[nH]c2=O)C(OC(=O)CCC(=O)NC)[C@H]1C. The molecule has 0 spiro atoms. The van der Waals surface area contributed by atoms with E-state index in [1.165, 1.54) is 17.8 Å². The van der Waals surface area contributed by atoms with Crippen molar-refractivity contribution in [1.29, 1.82) is 0 Å². The molecule has 3 N–H and O–H groups in total. The Hall–Kier alpha value is -5.48. The third kappa shape index (κ3) is 11.3. The van der Waals surface area contributed by atoms with Crippen molar-refractivity contribution in [2.45, 2.75) is 115 Å². The first-order valence-electron chi connectivity index (χ1n) is 19.6. The molecule has 3 aromatic rings. The molecule has 0 bridgehead atoms. The first-order chi connectivity index (χ1) is 27.1. The Morgan fingerprint density at radius 1 is 0.839 bits per heavy atom. The standard InChI is InChI=1S/C43H52N4O9/c1-4-34-28(2)40(56-39(51)23-22-36(48)44-3)41(55-34)33-27-47(43(53)46-42(33)52)25-13-24-45-37(49)18-7-5-6-8-19-38(50)54-35-26-31-16-10-9-14-29(31)20-21-30-15-11-12-17-32(30)35/h9-12,14-17,27-28,34-35,40-41H,4-8,13,18-19,22-26H2,1-3H3,(H,44,48)(H,45,49)(H,46,52,53)/t28-,34+,35?,40?,41-/m0/s1. The van der Waals surface area contributed by atoms with Crippen LogP contribution < -0.4 is 21.9 Å². The van der Waals surface area contributed by atoms with Crippen molar-refractivity contribution in [2.24, 2.45) is 5.92 Å². The number of rotatable bonds is 18. The molecule has 0 saturated carbocycles. The number of hydrogen-bond donors (Lipinski definition) is 3. The molecule has 1 aromatic heterocycles. The molecule has 13 nitrogen and oxygen atoms in total. The van der Waals surface area contributed by atoms with E-state index in [0.717, 1.165) is 35.1 Å². The van der Waals surface area contributed by atoms with E-state index >= 15 is 0 Å². The van der Waals surface area contributed by atoms with Gasteiger partial charge in [0.05, 0.1) is 18.1 Å². The van der Waals surface area contributed by atoms with Crippen molar-refractivity contribution in [3.05, 3.63) is 103 Å². The van der Waals surface area contributed by atoms with Crippen LogP contribution in [0.25, 0.3) is 0 Å². The maximum Gasteiger partial charge on any atom is 0.328 e. The molecule has 2 unspecified atom stereocenters. The molecule has 2 aliphatic rings. The molecule has 1 aliphatic heterocycles. The lowest BCUT2D eigenvalue weighted by molar-refractivity contribution is -0.154. The Morgan fingerprint density at radius 3 is 2.30 bits per heavy atom. The van der Waals surface area contributed by atoms with Crippen molar-refractivity contribution < 1.29 is 33.4 Å². The number of H-pyrrole nitrogens is 1. The van der Waals surface area contributed by atoms with E-state index in [0.29, 0.717) is 51.5 Å². The number of carbonyl (C=O) groups is 4. The maximum absolute atomic E-state index is 12.9. The number of aromatic amines is 1. The second kappa shape index (κ2) is 20.4. The van der Waals surface area contributed by atoms with Crippen molar-refractivity contribution in [3.63, 3.8) is 0 Å². The van der Waals surface area contributed by atoms with E-state index in [1.54, 1.807) is 0 Å². The summed E-state index contributed by atoms with van der Waals surface area (Å²) in [7, 11) is 1.49. The number of aromatic nitrogens is 2. The molecule has 0 radical (unpaired) electrons. The summed E-state index contributed by atoms with van der Waals surface area (Å²) in [6, 6.07) is 15.7. The van der Waals surface area contributed by atoms with Crippen LogP contribution in [0.15, 0.2) is 64.3 Å². The lowest BCUT2D eigenvalue weighted by Gasteiger charge is -2.22. The summed E-state index contributed by atoms with van der Waals surface area (Å²) >= 11 is 0. The van der Waals surface area contributed by atoms with E-state index in [4.69, 9.17) is 14.2 Å². The third-order valence-electron chi connectivity index (χ3n) is 10.3. The van der Waals surface area contributed by atoms with Crippen LogP contribution in [0.1, 0.15) is 118 Å². The predicted molar refractivity (Wildman–Crippen MR) is 208 cm³/mol. The third-order valence-corrected chi connectivity index (χ3v) is 10.3. The smallest absolute Gasteiger partial charge is 0.328 e. The molecular formula is C43H52N4O9. The molecular weight excluding hydrogens is 716 g/mol. The number of carbonyl (C=O) groups excluding carboxylic acids is 4. The van der Waals surface area contributed by atoms with Gasteiger partial charge in [0.2, 0.25) is 11.8 Å². The molecule has 5 rings (SSSR count). The van der Waals surface area contributed by atoms with Gasteiger partial charge in [0, 0.05) is 74.6 Å². The molecule has 1 aliphatic carbocycles. The Morgan fingerprint density at radius 2 is 1.54 bits per heavy atom. The molecule has 2 amide bonds. The molecule has 5 atom stereocenters. The van der Waals surface area contributed by atoms with Crippen LogP contribution in [0.3, 0.4) is 0 Å². The summed E-state index contributed by atoms with van der Waals surface area (Å²) in [5.41, 5.74) is 2.70. The number of benzene rings is 2. The minimum Gasteiger partial charge on any atom is -0.459 e. The fourth-order valence-electron chi connectivity index (χ4n) is 7.16. The highest BCUT2D eigenvalue weighted by Crippen LogP contribution is 2.39. The fourth-order valence-corrected chi connectivity index (χ4v) is 7.16. The average molecular weight is 769 g/mol. The van der Waals surface area contributed by atoms with Gasteiger partial charge in [-0.2, -0.15) is 0 Å². The van der Waals surface area contributed by atoms with Crippen molar-refractivity contribution in [2.75, 3.05) is 13.6 Å². The molecule has 2 heterocycles. The van der Waals surface area contributed by atoms with Gasteiger partial charge in [-0.05, 0) is 43.4 Å². The van der Waals surface area contributed by atoms with E-state index < -0.39 is 35.5 Å².